The molecule has 9 rings (SSSR count). The maximum absolute atomic E-state index is 13.9. The summed E-state index contributed by atoms with van der Waals surface area (Å²) in [5, 5.41) is 6.00. The van der Waals surface area contributed by atoms with Crippen molar-refractivity contribution in [2.75, 3.05) is 20.2 Å². The molecule has 1 spiro atoms. The zero-order valence-electron chi connectivity index (χ0n) is 31.2. The molecule has 3 aromatic heterocycles. The number of imidazole rings is 2. The van der Waals surface area contributed by atoms with Crippen LogP contribution in [0.15, 0.2) is 91.6 Å². The lowest BCUT2D eigenvalue weighted by molar-refractivity contribution is -0.156. The number of aromatic amines is 2. The number of ether oxygens (including phenoxy) is 2. The second-order valence-corrected chi connectivity index (χ2v) is 15.6. The van der Waals surface area contributed by atoms with E-state index in [2.05, 4.69) is 85.9 Å². The lowest BCUT2D eigenvalue weighted by Gasteiger charge is -2.28. The van der Waals surface area contributed by atoms with Crippen LogP contribution in [0.25, 0.3) is 44.4 Å². The molecule has 3 N–H and O–H groups in total. The Morgan fingerprint density at radius 1 is 0.818 bits per heavy atom. The van der Waals surface area contributed by atoms with Crippen LogP contribution in [0.4, 0.5) is 0 Å². The van der Waals surface area contributed by atoms with Crippen molar-refractivity contribution in [3.63, 3.8) is 0 Å². The van der Waals surface area contributed by atoms with Crippen molar-refractivity contribution < 1.29 is 19.1 Å². The standard InChI is InChI=1S/C43H44N8O4/c1-25(2)38(42(53)54-3)41(52)51-23-32(55-37-22-44-14-15-45-37)18-36(51)40-47-20-34(50-40)27-6-4-26(5-7-27)28-8-9-30-17-31(11-10-29(30)16-28)35-21-46-39(49-35)33-19-43(12-13-43)24-48-33/h4-11,14-17,20-22,25,32-33,36,38,48H,12-13,18-19,23-24H2,1-3H3,(H,46,49)(H,47,50). The summed E-state index contributed by atoms with van der Waals surface area (Å²) in [7, 11) is 1.31. The molecule has 12 nitrogen and oxygen atoms in total. The predicted molar refractivity (Wildman–Crippen MR) is 207 cm³/mol. The quantitative estimate of drug-likeness (QED) is 0.0992. The summed E-state index contributed by atoms with van der Waals surface area (Å²) >= 11 is 0. The third-order valence-electron chi connectivity index (χ3n) is 11.6. The van der Waals surface area contributed by atoms with Gasteiger partial charge in [-0.05, 0) is 70.2 Å². The summed E-state index contributed by atoms with van der Waals surface area (Å²) in [5.41, 5.74) is 6.71. The number of amides is 1. The second kappa shape index (κ2) is 14.1. The molecule has 2 aliphatic heterocycles. The van der Waals surface area contributed by atoms with Gasteiger partial charge in [-0.2, -0.15) is 0 Å². The summed E-state index contributed by atoms with van der Waals surface area (Å²) in [6, 6.07) is 21.4. The first kappa shape index (κ1) is 34.9. The van der Waals surface area contributed by atoms with Crippen LogP contribution in [0.5, 0.6) is 5.88 Å². The number of hydrogen-bond donors (Lipinski definition) is 3. The number of rotatable bonds is 10. The van der Waals surface area contributed by atoms with Crippen molar-refractivity contribution in [1.29, 1.82) is 0 Å². The van der Waals surface area contributed by atoms with E-state index in [4.69, 9.17) is 19.4 Å². The Bertz CT molecular complexity index is 2350. The molecule has 12 heteroatoms. The van der Waals surface area contributed by atoms with Crippen LogP contribution in [0.2, 0.25) is 0 Å². The van der Waals surface area contributed by atoms with Crippen molar-refractivity contribution in [1.82, 2.24) is 40.1 Å². The molecule has 0 bridgehead atoms. The van der Waals surface area contributed by atoms with E-state index in [9.17, 15) is 9.59 Å². The summed E-state index contributed by atoms with van der Waals surface area (Å²) in [6.45, 7) is 5.05. The molecule has 6 aromatic rings. The van der Waals surface area contributed by atoms with Crippen molar-refractivity contribution in [3.8, 4) is 39.5 Å². The number of likely N-dealkylation sites (tertiary alicyclic amines) is 1. The number of aromatic nitrogens is 6. The second-order valence-electron chi connectivity index (χ2n) is 15.6. The monoisotopic (exact) mass is 736 g/mol. The van der Waals surface area contributed by atoms with Gasteiger partial charge in [-0.3, -0.25) is 14.6 Å². The van der Waals surface area contributed by atoms with E-state index in [0.29, 0.717) is 29.6 Å². The van der Waals surface area contributed by atoms with Gasteiger partial charge in [-0.25, -0.2) is 15.0 Å². The van der Waals surface area contributed by atoms with Gasteiger partial charge in [0.25, 0.3) is 0 Å². The highest BCUT2D eigenvalue weighted by atomic mass is 16.5. The number of H-pyrrole nitrogens is 2. The highest BCUT2D eigenvalue weighted by molar-refractivity contribution is 5.98. The maximum Gasteiger partial charge on any atom is 0.318 e. The van der Waals surface area contributed by atoms with Gasteiger partial charge >= 0.3 is 5.97 Å². The SMILES string of the molecule is COC(=O)C(C(=O)N1CC(Oc2cnccn2)CC1c1ncc(-c2ccc(-c3ccc4cc(-c5cnc(C6CC7(CC7)CN6)[nH]5)ccc4c3)cc2)[nH]1)C(C)C. The Morgan fingerprint density at radius 3 is 2.18 bits per heavy atom. The minimum atomic E-state index is -0.944. The number of hydrogen-bond acceptors (Lipinski definition) is 9. The van der Waals surface area contributed by atoms with Gasteiger partial charge in [0.15, 0.2) is 0 Å². The Hall–Kier alpha value is -5.88. The van der Waals surface area contributed by atoms with E-state index in [1.54, 1.807) is 29.7 Å². The Labute approximate surface area is 319 Å². The van der Waals surface area contributed by atoms with Crippen LogP contribution >= 0.6 is 0 Å². The first-order valence-electron chi connectivity index (χ1n) is 19.0. The molecule has 3 aromatic carbocycles. The third-order valence-corrected chi connectivity index (χ3v) is 11.6. The van der Waals surface area contributed by atoms with E-state index >= 15 is 0 Å². The number of methoxy groups -OCH3 is 1. The van der Waals surface area contributed by atoms with E-state index in [1.165, 1.54) is 37.1 Å². The van der Waals surface area contributed by atoms with Crippen LogP contribution in [0.3, 0.4) is 0 Å². The van der Waals surface area contributed by atoms with Gasteiger partial charge in [0.05, 0.1) is 55.7 Å². The average Bonchev–Trinajstić information content (AvgIpc) is 3.71. The van der Waals surface area contributed by atoms with Gasteiger partial charge in [-0.15, -0.1) is 0 Å². The normalized spacial score (nSPS) is 20.7. The van der Waals surface area contributed by atoms with Crippen molar-refractivity contribution in [2.45, 2.75) is 57.7 Å². The van der Waals surface area contributed by atoms with Crippen molar-refractivity contribution in [3.05, 3.63) is 103 Å². The number of fused-ring (bicyclic) bond motifs is 1. The minimum Gasteiger partial charge on any atom is -0.471 e. The van der Waals surface area contributed by atoms with Gasteiger partial charge in [0.1, 0.15) is 23.7 Å². The van der Waals surface area contributed by atoms with Gasteiger partial charge in [0.2, 0.25) is 11.8 Å². The number of carbonyl (C=O) groups is 2. The molecule has 0 radical (unpaired) electrons. The van der Waals surface area contributed by atoms with E-state index in [1.807, 2.05) is 20.0 Å². The molecule has 1 saturated carbocycles. The van der Waals surface area contributed by atoms with Crippen LogP contribution in [-0.2, 0) is 14.3 Å². The van der Waals surface area contributed by atoms with E-state index in [0.717, 1.165) is 46.0 Å². The average molecular weight is 737 g/mol. The Morgan fingerprint density at radius 2 is 1.49 bits per heavy atom. The van der Waals surface area contributed by atoms with Crippen molar-refractivity contribution in [2.24, 2.45) is 17.3 Å². The molecule has 1 amide bonds. The van der Waals surface area contributed by atoms with Crippen LogP contribution in [-0.4, -0.2) is 73.0 Å². The van der Waals surface area contributed by atoms with Gasteiger partial charge in [-0.1, -0.05) is 62.4 Å². The summed E-state index contributed by atoms with van der Waals surface area (Å²) in [6.07, 6.45) is 12.4. The van der Waals surface area contributed by atoms with Crippen LogP contribution < -0.4 is 10.1 Å². The fraction of sp³-hybridized carbons (Fsp3) is 0.349. The number of benzene rings is 3. The van der Waals surface area contributed by atoms with E-state index in [-0.39, 0.29) is 24.5 Å². The summed E-state index contributed by atoms with van der Waals surface area (Å²) in [5.74, 6) is -0.0451. The molecule has 55 heavy (non-hydrogen) atoms. The first-order valence-corrected chi connectivity index (χ1v) is 19.0. The topological polar surface area (TPSA) is 151 Å². The van der Waals surface area contributed by atoms with Crippen LogP contribution in [0.1, 0.15) is 63.3 Å². The zero-order valence-corrected chi connectivity index (χ0v) is 31.2. The molecule has 1 aliphatic carbocycles. The fourth-order valence-electron chi connectivity index (χ4n) is 8.28. The molecule has 3 fully saturated rings. The lowest BCUT2D eigenvalue weighted by atomic mass is 9.94. The Balaban J connectivity index is 0.915. The molecular formula is C43H44N8O4. The van der Waals surface area contributed by atoms with E-state index < -0.39 is 17.9 Å². The molecule has 3 aliphatic rings. The molecular weight excluding hydrogens is 693 g/mol. The molecule has 280 valence electrons. The number of esters is 1. The van der Waals surface area contributed by atoms with Crippen molar-refractivity contribution >= 4 is 22.6 Å². The molecule has 4 atom stereocenters. The third kappa shape index (κ3) is 6.86. The highest BCUT2D eigenvalue weighted by Gasteiger charge is 2.49. The molecule has 2 saturated heterocycles. The highest BCUT2D eigenvalue weighted by Crippen LogP contribution is 2.54. The Kier molecular flexibility index (Phi) is 8.92. The molecule has 5 heterocycles. The number of nitrogens with one attached hydrogen (secondary N) is 3. The minimum absolute atomic E-state index is 0.254. The number of carbonyl (C=O) groups excluding carboxylic acids is 2. The largest absolute Gasteiger partial charge is 0.471 e. The summed E-state index contributed by atoms with van der Waals surface area (Å²) in [4.78, 5) is 53.2. The van der Waals surface area contributed by atoms with Crippen LogP contribution in [0, 0.1) is 17.3 Å². The van der Waals surface area contributed by atoms with Gasteiger partial charge < -0.3 is 29.7 Å². The summed E-state index contributed by atoms with van der Waals surface area (Å²) < 4.78 is 11.1. The first-order chi connectivity index (χ1) is 26.8. The predicted octanol–water partition coefficient (Wildman–Crippen LogP) is 7.06. The zero-order chi connectivity index (χ0) is 37.7. The fourth-order valence-corrected chi connectivity index (χ4v) is 8.28. The number of nitrogens with zero attached hydrogens (tertiary/aromatic N) is 5. The lowest BCUT2D eigenvalue weighted by Crippen LogP contribution is -2.43. The molecule has 4 unspecified atom stereocenters. The smallest absolute Gasteiger partial charge is 0.318 e. The maximum atomic E-state index is 13.9. The van der Waals surface area contributed by atoms with Gasteiger partial charge in [0, 0.05) is 30.9 Å².